The van der Waals surface area contributed by atoms with Crippen LogP contribution < -0.4 is 20.9 Å². The number of anilines is 2. The minimum atomic E-state index is 0.346. The van der Waals surface area contributed by atoms with Crippen molar-refractivity contribution in [3.63, 3.8) is 0 Å². The van der Waals surface area contributed by atoms with Gasteiger partial charge in [0.05, 0.1) is 5.69 Å². The van der Waals surface area contributed by atoms with Crippen molar-refractivity contribution in [2.45, 2.75) is 31.8 Å². The van der Waals surface area contributed by atoms with Crippen LogP contribution in [0.2, 0.25) is 0 Å². The normalized spacial score (nSPS) is 19.9. The summed E-state index contributed by atoms with van der Waals surface area (Å²) in [7, 11) is 3.99. The molecule has 3 rings (SSSR count). The van der Waals surface area contributed by atoms with Gasteiger partial charge in [-0.25, -0.2) is 4.98 Å². The second-order valence-corrected chi connectivity index (χ2v) is 5.92. The quantitative estimate of drug-likeness (QED) is 0.799. The SMILES string of the molecule is CN(C)c1nc2c(c(N3CCC(N)CC3)n1)CCNC2. The number of piperidine rings is 1. The molecule has 3 heterocycles. The first kappa shape index (κ1) is 13.6. The molecule has 2 aliphatic rings. The molecule has 0 amide bonds. The topological polar surface area (TPSA) is 70.3 Å². The first-order valence-corrected chi connectivity index (χ1v) is 7.43. The summed E-state index contributed by atoms with van der Waals surface area (Å²) in [6.45, 7) is 3.87. The van der Waals surface area contributed by atoms with Crippen LogP contribution in [0.3, 0.4) is 0 Å². The van der Waals surface area contributed by atoms with Crippen molar-refractivity contribution >= 4 is 11.8 Å². The summed E-state index contributed by atoms with van der Waals surface area (Å²) in [5.41, 5.74) is 8.49. The number of hydrogen-bond donors (Lipinski definition) is 2. The molecule has 0 saturated carbocycles. The van der Waals surface area contributed by atoms with Gasteiger partial charge in [0.1, 0.15) is 5.82 Å². The number of hydrogen-bond acceptors (Lipinski definition) is 6. The molecule has 0 aromatic carbocycles. The highest BCUT2D eigenvalue weighted by atomic mass is 15.3. The molecule has 1 fully saturated rings. The van der Waals surface area contributed by atoms with Gasteiger partial charge in [-0.1, -0.05) is 0 Å². The smallest absolute Gasteiger partial charge is 0.227 e. The van der Waals surface area contributed by atoms with Crippen LogP contribution >= 0.6 is 0 Å². The fourth-order valence-corrected chi connectivity index (χ4v) is 2.90. The van der Waals surface area contributed by atoms with Crippen molar-refractivity contribution in [3.8, 4) is 0 Å². The minimum Gasteiger partial charge on any atom is -0.356 e. The Balaban J connectivity index is 1.97. The molecule has 110 valence electrons. The Bertz CT molecular complexity index is 479. The standard InChI is InChI=1S/C14H24N6/c1-19(2)14-17-12-9-16-6-3-11(12)13(18-14)20-7-4-10(15)5-8-20/h10,16H,3-9,15H2,1-2H3. The molecule has 2 aliphatic heterocycles. The van der Waals surface area contributed by atoms with E-state index in [1.807, 2.05) is 19.0 Å². The van der Waals surface area contributed by atoms with E-state index in [1.54, 1.807) is 0 Å². The maximum absolute atomic E-state index is 6.01. The Morgan fingerprint density at radius 1 is 1.25 bits per heavy atom. The fourth-order valence-electron chi connectivity index (χ4n) is 2.90. The monoisotopic (exact) mass is 276 g/mol. The molecule has 20 heavy (non-hydrogen) atoms. The van der Waals surface area contributed by atoms with Gasteiger partial charge < -0.3 is 20.9 Å². The van der Waals surface area contributed by atoms with Gasteiger partial charge in [-0.05, 0) is 25.8 Å². The Morgan fingerprint density at radius 3 is 2.70 bits per heavy atom. The van der Waals surface area contributed by atoms with Crippen molar-refractivity contribution in [2.75, 3.05) is 43.5 Å². The van der Waals surface area contributed by atoms with Crippen LogP contribution in [-0.4, -0.2) is 49.7 Å². The maximum Gasteiger partial charge on any atom is 0.227 e. The number of fused-ring (bicyclic) bond motifs is 1. The van der Waals surface area contributed by atoms with Gasteiger partial charge in [0.15, 0.2) is 0 Å². The number of rotatable bonds is 2. The highest BCUT2D eigenvalue weighted by Gasteiger charge is 2.24. The first-order chi connectivity index (χ1) is 9.65. The van der Waals surface area contributed by atoms with Gasteiger partial charge in [-0.15, -0.1) is 0 Å². The summed E-state index contributed by atoms with van der Waals surface area (Å²) in [5.74, 6) is 1.93. The van der Waals surface area contributed by atoms with Crippen molar-refractivity contribution in [1.82, 2.24) is 15.3 Å². The van der Waals surface area contributed by atoms with Crippen LogP contribution in [-0.2, 0) is 13.0 Å². The lowest BCUT2D eigenvalue weighted by Gasteiger charge is -2.34. The van der Waals surface area contributed by atoms with E-state index in [4.69, 9.17) is 10.7 Å². The lowest BCUT2D eigenvalue weighted by molar-refractivity contribution is 0.495. The predicted octanol–water partition coefficient (Wildman–Crippen LogP) is 0.116. The second kappa shape index (κ2) is 5.54. The number of aromatic nitrogens is 2. The van der Waals surface area contributed by atoms with Crippen molar-refractivity contribution in [1.29, 1.82) is 0 Å². The van der Waals surface area contributed by atoms with E-state index in [0.29, 0.717) is 6.04 Å². The molecule has 6 heteroatoms. The Hall–Kier alpha value is -1.40. The van der Waals surface area contributed by atoms with Gasteiger partial charge in [0.25, 0.3) is 0 Å². The van der Waals surface area contributed by atoms with Crippen LogP contribution in [0, 0.1) is 0 Å². The third-order valence-electron chi connectivity index (χ3n) is 4.14. The Kier molecular flexibility index (Phi) is 3.76. The number of nitrogens with zero attached hydrogens (tertiary/aromatic N) is 4. The molecule has 1 aromatic rings. The van der Waals surface area contributed by atoms with Gasteiger partial charge in [-0.3, -0.25) is 0 Å². The first-order valence-electron chi connectivity index (χ1n) is 7.43. The maximum atomic E-state index is 6.01. The highest BCUT2D eigenvalue weighted by molar-refractivity contribution is 5.54. The van der Waals surface area contributed by atoms with Gasteiger partial charge >= 0.3 is 0 Å². The second-order valence-electron chi connectivity index (χ2n) is 5.92. The fraction of sp³-hybridized carbons (Fsp3) is 0.714. The lowest BCUT2D eigenvalue weighted by Crippen LogP contribution is -2.41. The largest absolute Gasteiger partial charge is 0.356 e. The Morgan fingerprint density at radius 2 is 2.00 bits per heavy atom. The van der Waals surface area contributed by atoms with E-state index in [0.717, 1.165) is 62.9 Å². The zero-order chi connectivity index (χ0) is 14.1. The van der Waals surface area contributed by atoms with E-state index in [-0.39, 0.29) is 0 Å². The van der Waals surface area contributed by atoms with E-state index < -0.39 is 0 Å². The zero-order valence-corrected chi connectivity index (χ0v) is 12.4. The highest BCUT2D eigenvalue weighted by Crippen LogP contribution is 2.28. The summed E-state index contributed by atoms with van der Waals surface area (Å²) < 4.78 is 0. The summed E-state index contributed by atoms with van der Waals surface area (Å²) in [5, 5.41) is 3.40. The number of nitrogens with one attached hydrogen (secondary N) is 1. The van der Waals surface area contributed by atoms with E-state index >= 15 is 0 Å². The Labute approximate surface area is 120 Å². The van der Waals surface area contributed by atoms with Crippen LogP contribution in [0.15, 0.2) is 0 Å². The lowest BCUT2D eigenvalue weighted by atomic mass is 10.0. The molecular weight excluding hydrogens is 252 g/mol. The van der Waals surface area contributed by atoms with Gasteiger partial charge in [0.2, 0.25) is 5.95 Å². The third-order valence-corrected chi connectivity index (χ3v) is 4.14. The molecule has 0 unspecified atom stereocenters. The molecule has 3 N–H and O–H groups in total. The minimum absolute atomic E-state index is 0.346. The van der Waals surface area contributed by atoms with E-state index in [1.165, 1.54) is 5.56 Å². The van der Waals surface area contributed by atoms with Crippen LogP contribution in [0.5, 0.6) is 0 Å². The number of nitrogens with two attached hydrogens (primary N) is 1. The molecule has 0 radical (unpaired) electrons. The van der Waals surface area contributed by atoms with Crippen LogP contribution in [0.25, 0.3) is 0 Å². The molecule has 0 bridgehead atoms. The van der Waals surface area contributed by atoms with Crippen LogP contribution in [0.1, 0.15) is 24.1 Å². The molecular formula is C14H24N6. The van der Waals surface area contributed by atoms with Crippen LogP contribution in [0.4, 0.5) is 11.8 Å². The summed E-state index contributed by atoms with van der Waals surface area (Å²) in [4.78, 5) is 13.9. The molecule has 1 saturated heterocycles. The van der Waals surface area contributed by atoms with Crippen molar-refractivity contribution < 1.29 is 0 Å². The van der Waals surface area contributed by atoms with E-state index in [2.05, 4.69) is 15.2 Å². The van der Waals surface area contributed by atoms with E-state index in [9.17, 15) is 0 Å². The average molecular weight is 276 g/mol. The van der Waals surface area contributed by atoms with Crippen molar-refractivity contribution in [3.05, 3.63) is 11.3 Å². The molecule has 0 spiro atoms. The molecule has 0 atom stereocenters. The summed E-state index contributed by atoms with van der Waals surface area (Å²) in [6.07, 6.45) is 3.11. The summed E-state index contributed by atoms with van der Waals surface area (Å²) in [6, 6.07) is 0.346. The zero-order valence-electron chi connectivity index (χ0n) is 12.4. The molecule has 1 aromatic heterocycles. The molecule has 0 aliphatic carbocycles. The molecule has 6 nitrogen and oxygen atoms in total. The predicted molar refractivity (Wildman–Crippen MR) is 81.2 cm³/mol. The third kappa shape index (κ3) is 2.58. The van der Waals surface area contributed by atoms with Crippen molar-refractivity contribution in [2.24, 2.45) is 5.73 Å². The average Bonchev–Trinajstić information content (AvgIpc) is 2.47. The van der Waals surface area contributed by atoms with Gasteiger partial charge in [0, 0.05) is 45.3 Å². The summed E-state index contributed by atoms with van der Waals surface area (Å²) >= 11 is 0. The van der Waals surface area contributed by atoms with Gasteiger partial charge in [-0.2, -0.15) is 4.98 Å².